The highest BCUT2D eigenvalue weighted by molar-refractivity contribution is 9.10. The van der Waals surface area contributed by atoms with Crippen LogP contribution in [0.2, 0.25) is 0 Å². The molecular weight excluding hydrogens is 338 g/mol. The van der Waals surface area contributed by atoms with E-state index in [-0.39, 0.29) is 11.1 Å². The first-order valence-corrected chi connectivity index (χ1v) is 7.07. The monoisotopic (exact) mass is 349 g/mol. The van der Waals surface area contributed by atoms with E-state index in [4.69, 9.17) is 4.74 Å². The molecule has 3 rings (SSSR count). The topological polar surface area (TPSA) is 76.5 Å². The lowest BCUT2D eigenvalue weighted by Gasteiger charge is -2.30. The van der Waals surface area contributed by atoms with Gasteiger partial charge in [-0.25, -0.2) is 4.99 Å². The summed E-state index contributed by atoms with van der Waals surface area (Å²) < 4.78 is 7.74. The van der Waals surface area contributed by atoms with Crippen molar-refractivity contribution < 1.29 is 4.74 Å². The Labute approximate surface area is 128 Å². The number of aliphatic imine (C=N–C) groups is 1. The Morgan fingerprint density at radius 3 is 2.76 bits per heavy atom. The summed E-state index contributed by atoms with van der Waals surface area (Å²) >= 11 is 3.38. The molecule has 21 heavy (non-hydrogen) atoms. The fourth-order valence-electron chi connectivity index (χ4n) is 2.12. The highest BCUT2D eigenvalue weighted by Crippen LogP contribution is 2.32. The Morgan fingerprint density at radius 1 is 1.24 bits per heavy atom. The van der Waals surface area contributed by atoms with Gasteiger partial charge in [-0.2, -0.15) is 4.68 Å². The third-order valence-electron chi connectivity index (χ3n) is 2.95. The second-order valence-corrected chi connectivity index (χ2v) is 6.02. The van der Waals surface area contributed by atoms with Gasteiger partial charge in [0.05, 0.1) is 5.56 Å². The number of ether oxygens (including phenoxy) is 1. The molecule has 1 aromatic carbocycles. The summed E-state index contributed by atoms with van der Waals surface area (Å²) in [5, 5.41) is 2.49. The molecule has 108 valence electrons. The van der Waals surface area contributed by atoms with Crippen molar-refractivity contribution in [2.24, 2.45) is 4.99 Å². The number of rotatable bonds is 0. The van der Waals surface area contributed by atoms with Gasteiger partial charge in [-0.3, -0.25) is 14.7 Å². The number of halogens is 1. The summed E-state index contributed by atoms with van der Waals surface area (Å²) in [4.78, 5) is 28.0. The van der Waals surface area contributed by atoms with Crippen LogP contribution in [0.5, 0.6) is 5.75 Å². The Bertz CT molecular complexity index is 864. The number of aromatic nitrogens is 2. The van der Waals surface area contributed by atoms with E-state index >= 15 is 0 Å². The maximum atomic E-state index is 12.0. The summed E-state index contributed by atoms with van der Waals surface area (Å²) in [6.45, 7) is 3.56. The summed E-state index contributed by atoms with van der Waals surface area (Å²) in [5.74, 6) is 0.954. The van der Waals surface area contributed by atoms with Crippen molar-refractivity contribution >= 4 is 21.8 Å². The summed E-state index contributed by atoms with van der Waals surface area (Å²) in [5.41, 5.74) is -0.940. The number of aromatic amines is 1. The number of nitrogens with one attached hydrogen (secondary N) is 1. The Balaban J connectivity index is 2.32. The highest BCUT2D eigenvalue weighted by atomic mass is 79.9. The third-order valence-corrected chi connectivity index (χ3v) is 3.44. The highest BCUT2D eigenvalue weighted by Gasteiger charge is 2.29. The fraction of sp³-hybridized carbons (Fsp3) is 0.214. The van der Waals surface area contributed by atoms with Crippen molar-refractivity contribution in [1.29, 1.82) is 0 Å². The number of hydrogen-bond donors (Lipinski definition) is 1. The summed E-state index contributed by atoms with van der Waals surface area (Å²) in [7, 11) is 0. The van der Waals surface area contributed by atoms with Gasteiger partial charge in [0.2, 0.25) is 0 Å². The number of benzene rings is 1. The van der Waals surface area contributed by atoms with Crippen LogP contribution in [-0.2, 0) is 0 Å². The zero-order valence-corrected chi connectivity index (χ0v) is 13.0. The van der Waals surface area contributed by atoms with Crippen molar-refractivity contribution in [3.8, 4) is 5.75 Å². The van der Waals surface area contributed by atoms with Crippen LogP contribution in [0.15, 0.2) is 49.4 Å². The summed E-state index contributed by atoms with van der Waals surface area (Å²) in [6, 6.07) is 7.82. The molecule has 0 fully saturated rings. The van der Waals surface area contributed by atoms with Crippen molar-refractivity contribution in [1.82, 2.24) is 9.78 Å². The molecule has 2 aromatic rings. The maximum absolute atomic E-state index is 12.0. The first-order chi connectivity index (χ1) is 9.85. The van der Waals surface area contributed by atoms with E-state index in [1.165, 1.54) is 12.1 Å². The lowest BCUT2D eigenvalue weighted by Crippen LogP contribution is -2.40. The van der Waals surface area contributed by atoms with Gasteiger partial charge in [0, 0.05) is 16.6 Å². The second-order valence-electron chi connectivity index (χ2n) is 5.11. The van der Waals surface area contributed by atoms with Crippen molar-refractivity contribution in [2.45, 2.75) is 19.6 Å². The molecule has 1 aliphatic heterocycles. The van der Waals surface area contributed by atoms with Gasteiger partial charge in [0.25, 0.3) is 11.1 Å². The first-order valence-electron chi connectivity index (χ1n) is 6.27. The quantitative estimate of drug-likeness (QED) is 0.786. The summed E-state index contributed by atoms with van der Waals surface area (Å²) in [6.07, 6.45) is 0. The lowest BCUT2D eigenvalue weighted by atomic mass is 10.1. The van der Waals surface area contributed by atoms with Crippen LogP contribution >= 0.6 is 15.9 Å². The Morgan fingerprint density at radius 2 is 2.00 bits per heavy atom. The normalized spacial score (nSPS) is 15.9. The molecule has 0 bridgehead atoms. The standard InChI is InChI=1S/C14H12BrN3O3/c1-14(2)16-13(18-12(20)6-5-11(19)17-18)9-7-8(15)3-4-10(9)21-14/h3-7H,1-2H3,(H,17,19). The zero-order valence-electron chi connectivity index (χ0n) is 11.4. The third kappa shape index (κ3) is 2.56. The molecule has 0 saturated carbocycles. The molecule has 7 heteroatoms. The van der Waals surface area contributed by atoms with E-state index in [0.29, 0.717) is 17.1 Å². The van der Waals surface area contributed by atoms with Gasteiger partial charge in [-0.05, 0) is 32.0 Å². The van der Waals surface area contributed by atoms with Crippen molar-refractivity contribution in [2.75, 3.05) is 0 Å². The molecule has 0 unspecified atom stereocenters. The number of nitrogens with zero attached hydrogens (tertiary/aromatic N) is 2. The molecule has 0 aliphatic carbocycles. The van der Waals surface area contributed by atoms with E-state index in [1.807, 2.05) is 6.07 Å². The molecule has 0 saturated heterocycles. The molecule has 1 N–H and O–H groups in total. The van der Waals surface area contributed by atoms with E-state index < -0.39 is 5.72 Å². The molecule has 0 spiro atoms. The molecule has 6 nitrogen and oxygen atoms in total. The van der Waals surface area contributed by atoms with Crippen LogP contribution in [0, 0.1) is 0 Å². The van der Waals surface area contributed by atoms with Gasteiger partial charge in [-0.15, -0.1) is 0 Å². The van der Waals surface area contributed by atoms with Crippen LogP contribution in [-0.4, -0.2) is 21.3 Å². The Kier molecular flexibility index (Phi) is 3.09. The van der Waals surface area contributed by atoms with E-state index in [0.717, 1.165) is 9.15 Å². The van der Waals surface area contributed by atoms with Crippen molar-refractivity contribution in [3.63, 3.8) is 0 Å². The minimum atomic E-state index is -0.831. The lowest BCUT2D eigenvalue weighted by molar-refractivity contribution is 0.114. The van der Waals surface area contributed by atoms with E-state index in [2.05, 4.69) is 26.0 Å². The molecule has 1 aliphatic rings. The van der Waals surface area contributed by atoms with Gasteiger partial charge in [0.15, 0.2) is 11.6 Å². The van der Waals surface area contributed by atoms with Crippen LogP contribution in [0.4, 0.5) is 0 Å². The minimum Gasteiger partial charge on any atom is -0.466 e. The minimum absolute atomic E-state index is 0.352. The molecule has 1 aromatic heterocycles. The van der Waals surface area contributed by atoms with Crippen LogP contribution in [0.3, 0.4) is 0 Å². The number of fused-ring (bicyclic) bond motifs is 1. The number of hydrogen-bond acceptors (Lipinski definition) is 4. The predicted octanol–water partition coefficient (Wildman–Crippen LogP) is 1.72. The molecule has 2 heterocycles. The van der Waals surface area contributed by atoms with Gasteiger partial charge in [0.1, 0.15) is 5.75 Å². The van der Waals surface area contributed by atoms with Gasteiger partial charge >= 0.3 is 0 Å². The molecule has 0 atom stereocenters. The zero-order chi connectivity index (χ0) is 15.2. The largest absolute Gasteiger partial charge is 0.466 e. The fourth-order valence-corrected chi connectivity index (χ4v) is 2.49. The Hall–Kier alpha value is -2.15. The maximum Gasteiger partial charge on any atom is 0.271 e. The average Bonchev–Trinajstić information content (AvgIpc) is 2.41. The van der Waals surface area contributed by atoms with Crippen LogP contribution in [0.1, 0.15) is 19.4 Å². The SMILES string of the molecule is CC1(C)N=C(n2[nH]c(=O)ccc2=O)c2cc(Br)ccc2O1. The molecule has 0 amide bonds. The van der Waals surface area contributed by atoms with Crippen molar-refractivity contribution in [3.05, 3.63) is 61.1 Å². The predicted molar refractivity (Wildman–Crippen MR) is 82.1 cm³/mol. The first kappa shape index (κ1) is 13.8. The average molecular weight is 350 g/mol. The van der Waals surface area contributed by atoms with Crippen LogP contribution < -0.4 is 15.9 Å². The number of H-pyrrole nitrogens is 1. The molecule has 0 radical (unpaired) electrons. The smallest absolute Gasteiger partial charge is 0.271 e. The second kappa shape index (κ2) is 4.70. The van der Waals surface area contributed by atoms with Crippen LogP contribution in [0.25, 0.3) is 0 Å². The van der Waals surface area contributed by atoms with E-state index in [9.17, 15) is 9.59 Å². The molecular formula is C14H12BrN3O3. The van der Waals surface area contributed by atoms with Gasteiger partial charge < -0.3 is 4.74 Å². The van der Waals surface area contributed by atoms with Gasteiger partial charge in [-0.1, -0.05) is 15.9 Å². The van der Waals surface area contributed by atoms with E-state index in [1.54, 1.807) is 26.0 Å².